The second kappa shape index (κ2) is 4.45. The Hall–Kier alpha value is -1.68. The Bertz CT molecular complexity index is 425. The summed E-state index contributed by atoms with van der Waals surface area (Å²) in [5.74, 6) is 0.352. The first-order valence-electron chi connectivity index (χ1n) is 5.05. The maximum absolute atomic E-state index is 11.9. The van der Waals surface area contributed by atoms with Gasteiger partial charge in [0.25, 0.3) is 0 Å². The van der Waals surface area contributed by atoms with Crippen LogP contribution in [0.5, 0.6) is 5.75 Å². The van der Waals surface area contributed by atoms with Gasteiger partial charge in [-0.05, 0) is 19.1 Å². The molecule has 0 spiro atoms. The zero-order valence-electron chi connectivity index (χ0n) is 8.93. The minimum absolute atomic E-state index is 0.0536. The van der Waals surface area contributed by atoms with E-state index in [1.807, 2.05) is 6.07 Å². The molecule has 0 saturated carbocycles. The van der Waals surface area contributed by atoms with Crippen molar-refractivity contribution in [3.8, 4) is 5.75 Å². The first-order valence-corrected chi connectivity index (χ1v) is 5.05. The Balaban J connectivity index is 2.12. The molecule has 0 fully saturated rings. The largest absolute Gasteiger partial charge is 0.490 e. The molecule has 1 aromatic rings. The van der Waals surface area contributed by atoms with Gasteiger partial charge in [-0.3, -0.25) is 9.59 Å². The molecule has 2 rings (SSSR count). The molecular weight excluding hydrogens is 208 g/mol. The van der Waals surface area contributed by atoms with E-state index in [9.17, 15) is 9.59 Å². The van der Waals surface area contributed by atoms with Crippen molar-refractivity contribution in [1.29, 1.82) is 0 Å². The number of ether oxygens (including phenoxy) is 2. The quantitative estimate of drug-likeness (QED) is 0.769. The summed E-state index contributed by atoms with van der Waals surface area (Å²) in [6.45, 7) is 1.53. The monoisotopic (exact) mass is 220 g/mol. The fraction of sp³-hybridized carbons (Fsp3) is 0.333. The molecule has 84 valence electrons. The van der Waals surface area contributed by atoms with Crippen LogP contribution in [-0.4, -0.2) is 30.9 Å². The molecule has 4 heteroatoms. The van der Waals surface area contributed by atoms with Crippen molar-refractivity contribution in [3.05, 3.63) is 29.8 Å². The van der Waals surface area contributed by atoms with Crippen LogP contribution >= 0.6 is 0 Å². The van der Waals surface area contributed by atoms with Crippen molar-refractivity contribution in [2.24, 2.45) is 0 Å². The van der Waals surface area contributed by atoms with E-state index in [0.29, 0.717) is 11.3 Å². The smallest absolute Gasteiger partial charge is 0.198 e. The van der Waals surface area contributed by atoms with E-state index in [-0.39, 0.29) is 24.8 Å². The fourth-order valence-corrected chi connectivity index (χ4v) is 1.55. The topological polar surface area (TPSA) is 52.6 Å². The van der Waals surface area contributed by atoms with Crippen molar-refractivity contribution >= 4 is 11.6 Å². The van der Waals surface area contributed by atoms with Crippen LogP contribution in [0.4, 0.5) is 0 Å². The van der Waals surface area contributed by atoms with Gasteiger partial charge in [0.1, 0.15) is 19.0 Å². The summed E-state index contributed by atoms with van der Waals surface area (Å²) >= 11 is 0. The molecule has 4 nitrogen and oxygen atoms in total. The van der Waals surface area contributed by atoms with Crippen molar-refractivity contribution in [2.75, 3.05) is 13.2 Å². The van der Waals surface area contributed by atoms with Crippen molar-refractivity contribution in [1.82, 2.24) is 0 Å². The fourth-order valence-electron chi connectivity index (χ4n) is 1.55. The highest BCUT2D eigenvalue weighted by molar-refractivity contribution is 6.02. The first kappa shape index (κ1) is 10.8. The molecule has 0 amide bonds. The average Bonchev–Trinajstić information content (AvgIpc) is 2.28. The van der Waals surface area contributed by atoms with E-state index in [0.717, 1.165) is 0 Å². The summed E-state index contributed by atoms with van der Waals surface area (Å²) in [6, 6.07) is 7.02. The molecule has 0 bridgehead atoms. The van der Waals surface area contributed by atoms with Crippen LogP contribution in [0.1, 0.15) is 17.3 Å². The van der Waals surface area contributed by atoms with Gasteiger partial charge in [-0.25, -0.2) is 0 Å². The Labute approximate surface area is 93.2 Å². The van der Waals surface area contributed by atoms with Gasteiger partial charge >= 0.3 is 0 Å². The maximum atomic E-state index is 11.9. The SMILES string of the molecule is CC(=O)COC1COc2ccccc2C1=O. The maximum Gasteiger partial charge on any atom is 0.198 e. The number of Topliss-reactive ketones (excluding diaryl/α,β-unsaturated/α-hetero) is 2. The number of hydrogen-bond donors (Lipinski definition) is 0. The molecule has 1 unspecified atom stereocenters. The second-order valence-corrected chi connectivity index (χ2v) is 3.67. The molecule has 0 aliphatic carbocycles. The molecule has 1 aromatic carbocycles. The number of benzene rings is 1. The number of ketones is 2. The van der Waals surface area contributed by atoms with Gasteiger partial charge < -0.3 is 9.47 Å². The zero-order chi connectivity index (χ0) is 11.5. The number of fused-ring (bicyclic) bond motifs is 1. The molecule has 0 radical (unpaired) electrons. The number of carbonyl (C=O) groups is 2. The second-order valence-electron chi connectivity index (χ2n) is 3.67. The summed E-state index contributed by atoms with van der Waals surface area (Å²) in [6.07, 6.45) is -0.668. The summed E-state index contributed by atoms with van der Waals surface area (Å²) in [5.41, 5.74) is 0.516. The summed E-state index contributed by atoms with van der Waals surface area (Å²) in [7, 11) is 0. The van der Waals surface area contributed by atoms with Crippen LogP contribution in [-0.2, 0) is 9.53 Å². The minimum Gasteiger partial charge on any atom is -0.490 e. The summed E-state index contributed by atoms with van der Waals surface area (Å²) in [5, 5.41) is 0. The highest BCUT2D eigenvalue weighted by Crippen LogP contribution is 2.25. The van der Waals surface area contributed by atoms with Crippen LogP contribution in [0.2, 0.25) is 0 Å². The highest BCUT2D eigenvalue weighted by atomic mass is 16.5. The van der Waals surface area contributed by atoms with E-state index in [1.165, 1.54) is 6.92 Å². The third-order valence-corrected chi connectivity index (χ3v) is 2.32. The van der Waals surface area contributed by atoms with E-state index < -0.39 is 6.10 Å². The van der Waals surface area contributed by atoms with E-state index >= 15 is 0 Å². The normalized spacial score (nSPS) is 18.8. The van der Waals surface area contributed by atoms with Gasteiger partial charge in [0.05, 0.1) is 5.56 Å². The summed E-state index contributed by atoms with van der Waals surface area (Å²) in [4.78, 5) is 22.7. The van der Waals surface area contributed by atoms with Crippen LogP contribution in [0, 0.1) is 0 Å². The number of carbonyl (C=O) groups excluding carboxylic acids is 2. The van der Waals surface area contributed by atoms with Gasteiger partial charge in [-0.1, -0.05) is 12.1 Å². The molecule has 0 saturated heterocycles. The minimum atomic E-state index is -0.668. The van der Waals surface area contributed by atoms with E-state index in [2.05, 4.69) is 0 Å². The lowest BCUT2D eigenvalue weighted by Gasteiger charge is -2.23. The van der Waals surface area contributed by atoms with Gasteiger partial charge in [0, 0.05) is 0 Å². The molecule has 1 aliphatic heterocycles. The molecular formula is C12H12O4. The molecule has 0 aromatic heterocycles. The lowest BCUT2D eigenvalue weighted by molar-refractivity contribution is -0.123. The third-order valence-electron chi connectivity index (χ3n) is 2.32. The van der Waals surface area contributed by atoms with Crippen molar-refractivity contribution in [2.45, 2.75) is 13.0 Å². The lowest BCUT2D eigenvalue weighted by Crippen LogP contribution is -2.36. The van der Waals surface area contributed by atoms with Crippen LogP contribution in [0.3, 0.4) is 0 Å². The molecule has 1 aliphatic rings. The molecule has 1 heterocycles. The first-order chi connectivity index (χ1) is 7.68. The molecule has 1 atom stereocenters. The predicted molar refractivity (Wildman–Crippen MR) is 56.7 cm³/mol. The van der Waals surface area contributed by atoms with Crippen LogP contribution in [0.25, 0.3) is 0 Å². The summed E-state index contributed by atoms with van der Waals surface area (Å²) < 4.78 is 10.6. The van der Waals surface area contributed by atoms with E-state index in [1.54, 1.807) is 18.2 Å². The Morgan fingerprint density at radius 1 is 1.50 bits per heavy atom. The Morgan fingerprint density at radius 2 is 2.25 bits per heavy atom. The van der Waals surface area contributed by atoms with Gasteiger partial charge in [0.2, 0.25) is 0 Å². The number of rotatable bonds is 3. The average molecular weight is 220 g/mol. The molecule has 0 N–H and O–H groups in total. The predicted octanol–water partition coefficient (Wildman–Crippen LogP) is 1.24. The zero-order valence-corrected chi connectivity index (χ0v) is 8.93. The number of hydrogen-bond acceptors (Lipinski definition) is 4. The lowest BCUT2D eigenvalue weighted by atomic mass is 10.0. The van der Waals surface area contributed by atoms with E-state index in [4.69, 9.17) is 9.47 Å². The standard InChI is InChI=1S/C12H12O4/c1-8(13)6-15-11-7-16-10-5-3-2-4-9(10)12(11)14/h2-5,11H,6-7H2,1H3. The van der Waals surface area contributed by atoms with Gasteiger partial charge in [0.15, 0.2) is 17.7 Å². The van der Waals surface area contributed by atoms with Crippen molar-refractivity contribution < 1.29 is 19.1 Å². The Kier molecular flexibility index (Phi) is 3.01. The van der Waals surface area contributed by atoms with Crippen LogP contribution in [0.15, 0.2) is 24.3 Å². The molecule has 16 heavy (non-hydrogen) atoms. The highest BCUT2D eigenvalue weighted by Gasteiger charge is 2.29. The van der Waals surface area contributed by atoms with Crippen LogP contribution < -0.4 is 4.74 Å². The van der Waals surface area contributed by atoms with Gasteiger partial charge in [-0.15, -0.1) is 0 Å². The number of para-hydroxylation sites is 1. The van der Waals surface area contributed by atoms with Crippen molar-refractivity contribution in [3.63, 3.8) is 0 Å². The third kappa shape index (κ3) is 2.12. The Morgan fingerprint density at radius 3 is 3.00 bits per heavy atom. The van der Waals surface area contributed by atoms with Gasteiger partial charge in [-0.2, -0.15) is 0 Å².